The number of benzene rings is 9. The van der Waals surface area contributed by atoms with Crippen LogP contribution in [0.1, 0.15) is 94.7 Å². The Balaban J connectivity index is 0.000000141. The summed E-state index contributed by atoms with van der Waals surface area (Å²) in [6.45, 7) is 11.5. The Bertz CT molecular complexity index is 7450. The average molecular weight is 1730 g/mol. The first-order chi connectivity index (χ1) is 61.7. The predicted molar refractivity (Wildman–Crippen MR) is 472 cm³/mol. The smallest absolute Gasteiger partial charge is 0.268 e. The Kier molecular flexibility index (Phi) is 23.9. The Morgan fingerprint density at radius 3 is 1.12 bits per heavy atom. The monoisotopic (exact) mass is 1730 g/mol. The van der Waals surface area contributed by atoms with Gasteiger partial charge in [0.15, 0.2) is 34.7 Å². The van der Waals surface area contributed by atoms with Crippen molar-refractivity contribution in [1.29, 1.82) is 0 Å². The Morgan fingerprint density at radius 1 is 0.391 bits per heavy atom. The molecule has 27 nitrogen and oxygen atoms in total. The van der Waals surface area contributed by atoms with Gasteiger partial charge in [0.2, 0.25) is 0 Å². The fraction of sp³-hybridized carbons (Fsp3) is 0.116. The van der Waals surface area contributed by atoms with E-state index < -0.39 is 69.3 Å². The van der Waals surface area contributed by atoms with Gasteiger partial charge in [0.1, 0.15) is 51.4 Å². The van der Waals surface area contributed by atoms with Crippen molar-refractivity contribution in [3.8, 4) is 84.9 Å². The highest BCUT2D eigenvalue weighted by molar-refractivity contribution is 6.06. The maximum atomic E-state index is 15.3. The molecule has 0 fully saturated rings. The molecule has 33 heteroatoms. The Hall–Kier alpha value is -16.7. The zero-order valence-corrected chi connectivity index (χ0v) is 69.4. The number of nitrogens with zero attached hydrogens (tertiary/aromatic N) is 12. The van der Waals surface area contributed by atoms with Gasteiger partial charge in [0.25, 0.3) is 34.4 Å². The lowest BCUT2D eigenvalue weighted by molar-refractivity contribution is 0.101. The van der Waals surface area contributed by atoms with Crippen LogP contribution in [0.15, 0.2) is 270 Å². The number of anilines is 3. The van der Waals surface area contributed by atoms with Crippen LogP contribution >= 0.6 is 0 Å². The van der Waals surface area contributed by atoms with E-state index in [1.54, 1.807) is 108 Å². The van der Waals surface area contributed by atoms with E-state index in [0.717, 1.165) is 67.6 Å². The molecule has 0 unspecified atom stereocenters. The van der Waals surface area contributed by atoms with Crippen molar-refractivity contribution in [2.45, 2.75) is 59.9 Å². The average Bonchev–Trinajstić information content (AvgIpc) is 0.971. The van der Waals surface area contributed by atoms with Crippen molar-refractivity contribution in [3.05, 3.63) is 356 Å². The van der Waals surface area contributed by atoms with Crippen LogP contribution in [0, 0.1) is 41.8 Å². The van der Waals surface area contributed by atoms with E-state index in [0.29, 0.717) is 74.5 Å². The van der Waals surface area contributed by atoms with E-state index in [1.807, 2.05) is 71.6 Å². The number of H-pyrrole nitrogens is 3. The number of nitrogens with one attached hydrogen (secondary N) is 6. The van der Waals surface area contributed by atoms with Crippen molar-refractivity contribution in [2.24, 2.45) is 14.1 Å². The lowest BCUT2D eigenvalue weighted by atomic mass is 10.1. The number of pyridine rings is 3. The van der Waals surface area contributed by atoms with Gasteiger partial charge in [0, 0.05) is 158 Å². The number of amides is 3. The maximum Gasteiger partial charge on any atom is 0.268 e. The second-order valence-electron chi connectivity index (χ2n) is 30.2. The van der Waals surface area contributed by atoms with Crippen LogP contribution in [0.3, 0.4) is 0 Å². The maximum absolute atomic E-state index is 15.3. The van der Waals surface area contributed by atoms with E-state index in [-0.39, 0.29) is 63.0 Å². The Labute approximate surface area is 723 Å². The van der Waals surface area contributed by atoms with Crippen molar-refractivity contribution >= 4 is 67.5 Å². The highest BCUT2D eigenvalue weighted by Crippen LogP contribution is 2.42. The molecule has 9 heterocycles. The predicted octanol–water partition coefficient (Wildman–Crippen LogP) is 19.3. The molecule has 128 heavy (non-hydrogen) atoms. The van der Waals surface area contributed by atoms with Gasteiger partial charge in [-0.3, -0.25) is 71.8 Å². The largest absolute Gasteiger partial charge is 0.454 e. The zero-order valence-electron chi connectivity index (χ0n) is 69.4. The molecule has 6 N–H and O–H groups in total. The van der Waals surface area contributed by atoms with Crippen LogP contribution in [0.2, 0.25) is 0 Å². The fourth-order valence-electron chi connectivity index (χ4n) is 14.5. The fourth-order valence-corrected chi connectivity index (χ4v) is 14.5. The van der Waals surface area contributed by atoms with Crippen molar-refractivity contribution in [3.63, 3.8) is 0 Å². The first-order valence-electron chi connectivity index (χ1n) is 40.0. The molecule has 0 saturated carbocycles. The number of aromatic nitrogens is 15. The van der Waals surface area contributed by atoms with Crippen molar-refractivity contribution in [2.75, 3.05) is 16.0 Å². The SMILES string of the molecule is CC(C)c1ccc(C(=O)Nc2ccc(Oc3cc4cnn(C)c4cc3-c3cn[nH]c3)c(F)c2)c(=O)n1-c1ccc(F)cc1.CCc1ccc(C(=O)Nc2ccc(Oc3cc4cnn(C)c4cc3-c3cn[nH]c3)c(F)c2)c(=O)n1-c1ccc(F)cc1.Cc1ccc(C(=O)Nc2ccc(Oc3cc4cnn(C(C)C)c4cc3-c3cn[nH]c3)c(F)c2)c(=O)n1-c1ccc(F)cc1. The van der Waals surface area contributed by atoms with Crippen molar-refractivity contribution in [1.82, 2.24) is 73.6 Å². The van der Waals surface area contributed by atoms with Gasteiger partial charge >= 0.3 is 0 Å². The number of ether oxygens (including phenoxy) is 3. The van der Waals surface area contributed by atoms with E-state index in [2.05, 4.69) is 61.8 Å². The molecular formula is C95H76F6N18O9. The number of aryl methyl sites for hydroxylation is 4. The number of hydrogen-bond acceptors (Lipinski definition) is 15. The quantitative estimate of drug-likeness (QED) is 0.0364. The molecular weight excluding hydrogens is 1650 g/mol. The summed E-state index contributed by atoms with van der Waals surface area (Å²) in [5.74, 6) is -4.70. The van der Waals surface area contributed by atoms with Gasteiger partial charge in [-0.25, -0.2) is 26.3 Å². The molecule has 0 atom stereocenters. The normalized spacial score (nSPS) is 11.2. The summed E-state index contributed by atoms with van der Waals surface area (Å²) in [5, 5.41) is 43.6. The standard InChI is InChI=1S/2C32H26F2N6O3.C31H24F2N6O3/c1-18(2)40-28-14-26(21-15-35-36-16-21)30(12-20(28)17-37-40)43-29-11-7-23(13-27(29)34)38-31(41)25-10-4-19(3)39(32(25)42)24-8-5-22(33)6-9-24;1-18(2)27-10-9-24(32(42)40(27)23-7-4-21(33)5-8-23)31(41)38-22-6-11-29(26(34)13-22)43-30-12-19-17-37-39(3)28(19)14-25(30)20-15-35-36-16-20;1-3-22-9-10-24(31(41)39(22)23-7-4-20(32)5-8-23)30(40)37-21-6-11-28(26(33)13-21)42-29-12-18-17-36-38(2)27(18)14-25(29)19-15-34-35-16-19/h2*4-18H,1-3H3,(H,35,36)(H,38,41);4-17H,3H2,1-2H3,(H,34,35)(H,37,40). The third-order valence-corrected chi connectivity index (χ3v) is 21.0. The van der Waals surface area contributed by atoms with E-state index >= 15 is 13.2 Å². The van der Waals surface area contributed by atoms with E-state index in [4.69, 9.17) is 14.2 Å². The minimum atomic E-state index is -0.721. The Morgan fingerprint density at radius 2 is 0.742 bits per heavy atom. The first kappa shape index (κ1) is 84.8. The highest BCUT2D eigenvalue weighted by Gasteiger charge is 2.26. The van der Waals surface area contributed by atoms with Crippen LogP contribution in [0.5, 0.6) is 34.5 Å². The van der Waals surface area contributed by atoms with Gasteiger partial charge in [-0.2, -0.15) is 30.6 Å². The molecule has 642 valence electrons. The van der Waals surface area contributed by atoms with Crippen LogP contribution in [0.4, 0.5) is 43.4 Å². The number of rotatable bonds is 21. The number of hydrogen-bond donors (Lipinski definition) is 6. The summed E-state index contributed by atoms with van der Waals surface area (Å²) < 4.78 is 114. The lowest BCUT2D eigenvalue weighted by Gasteiger charge is -2.17. The summed E-state index contributed by atoms with van der Waals surface area (Å²) in [6.07, 6.45) is 15.7. The van der Waals surface area contributed by atoms with Gasteiger partial charge in [-0.1, -0.05) is 20.8 Å². The second kappa shape index (κ2) is 36.0. The summed E-state index contributed by atoms with van der Waals surface area (Å²) in [6, 6.07) is 48.6. The summed E-state index contributed by atoms with van der Waals surface area (Å²) >= 11 is 0. The lowest BCUT2D eigenvalue weighted by Crippen LogP contribution is -2.30. The minimum Gasteiger partial charge on any atom is -0.454 e. The van der Waals surface area contributed by atoms with Crippen LogP contribution < -0.4 is 46.8 Å². The van der Waals surface area contributed by atoms with Gasteiger partial charge < -0.3 is 30.2 Å². The molecule has 9 aromatic heterocycles. The van der Waals surface area contributed by atoms with E-state index in [9.17, 15) is 41.9 Å². The van der Waals surface area contributed by atoms with Crippen LogP contribution in [0.25, 0.3) is 83.2 Å². The summed E-state index contributed by atoms with van der Waals surface area (Å²) in [5.41, 5.74) is 8.27. The topological polar surface area (TPSA) is 320 Å². The van der Waals surface area contributed by atoms with Gasteiger partial charge in [-0.05, 0) is 215 Å². The second-order valence-corrected chi connectivity index (χ2v) is 30.2. The first-order valence-corrected chi connectivity index (χ1v) is 40.0. The molecule has 0 aliphatic heterocycles. The van der Waals surface area contributed by atoms with Crippen LogP contribution in [-0.2, 0) is 20.5 Å². The third kappa shape index (κ3) is 17.7. The molecule has 0 bridgehead atoms. The van der Waals surface area contributed by atoms with E-state index in [1.165, 1.54) is 141 Å². The van der Waals surface area contributed by atoms with Gasteiger partial charge in [-0.15, -0.1) is 0 Å². The molecule has 18 rings (SSSR count). The molecule has 0 spiro atoms. The van der Waals surface area contributed by atoms with Gasteiger partial charge in [0.05, 0.1) is 53.7 Å². The molecule has 3 amide bonds. The molecule has 0 aliphatic rings. The molecule has 0 aliphatic carbocycles. The number of carbonyl (C=O) groups excluding carboxylic acids is 3. The molecule has 9 aromatic carbocycles. The summed E-state index contributed by atoms with van der Waals surface area (Å²) in [4.78, 5) is 79.3. The number of carbonyl (C=O) groups is 3. The molecule has 18 aromatic rings. The highest BCUT2D eigenvalue weighted by atomic mass is 19.1. The number of halogens is 6. The summed E-state index contributed by atoms with van der Waals surface area (Å²) in [7, 11) is 3.65. The van der Waals surface area contributed by atoms with Crippen molar-refractivity contribution < 1.29 is 54.9 Å². The zero-order chi connectivity index (χ0) is 89.9. The third-order valence-electron chi connectivity index (χ3n) is 21.0. The number of aromatic amines is 3. The van der Waals surface area contributed by atoms with Crippen LogP contribution in [-0.4, -0.2) is 91.4 Å². The molecule has 0 radical (unpaired) electrons. The minimum absolute atomic E-state index is 0.0515. The number of fused-ring (bicyclic) bond motifs is 3. The molecule has 0 saturated heterocycles.